The Balaban J connectivity index is 2.72. The number of hydrogen-bond acceptors (Lipinski definition) is 7. The van der Waals surface area contributed by atoms with Gasteiger partial charge in [-0.2, -0.15) is 0 Å². The van der Waals surface area contributed by atoms with Gasteiger partial charge in [0.25, 0.3) is 10.1 Å². The monoisotopic (exact) mass is 363 g/mol. The van der Waals surface area contributed by atoms with E-state index in [1.807, 2.05) is 0 Å². The zero-order valence-corrected chi connectivity index (χ0v) is 14.6. The largest absolute Gasteiger partial charge is 0.497 e. The van der Waals surface area contributed by atoms with Crippen molar-refractivity contribution in [1.82, 2.24) is 0 Å². The van der Waals surface area contributed by atoms with Crippen molar-refractivity contribution in [3.05, 3.63) is 24.3 Å². The van der Waals surface area contributed by atoms with Crippen molar-refractivity contribution in [3.63, 3.8) is 0 Å². The molecule has 0 radical (unpaired) electrons. The summed E-state index contributed by atoms with van der Waals surface area (Å²) >= 11 is 0. The van der Waals surface area contributed by atoms with Gasteiger partial charge in [0.2, 0.25) is 0 Å². The summed E-state index contributed by atoms with van der Waals surface area (Å²) in [6.45, 7) is 0. The summed E-state index contributed by atoms with van der Waals surface area (Å²) < 4.78 is 56.7. The van der Waals surface area contributed by atoms with Crippen LogP contribution in [0.5, 0.6) is 5.75 Å². The Hall–Kier alpha value is -1.65. The first kappa shape index (κ1) is 17.7. The van der Waals surface area contributed by atoms with Crippen LogP contribution in [-0.4, -0.2) is 59.8 Å². The quantitative estimate of drug-likeness (QED) is 0.667. The van der Waals surface area contributed by atoms with Gasteiger partial charge in [-0.05, 0) is 24.3 Å². The van der Waals surface area contributed by atoms with Gasteiger partial charge in [-0.1, -0.05) is 0 Å². The maximum Gasteiger partial charge on any atom is 0.285 e. The first-order chi connectivity index (χ1) is 10.5. The van der Waals surface area contributed by atoms with Gasteiger partial charge in [-0.25, -0.2) is 16.8 Å². The molecule has 8 nitrogen and oxygen atoms in total. The van der Waals surface area contributed by atoms with Gasteiger partial charge in [0.1, 0.15) is 5.75 Å². The minimum absolute atomic E-state index is 0.125. The number of β-lactam (4-membered cyclic amide) rings is 1. The first-order valence-corrected chi connectivity index (χ1v) is 10.2. The molecule has 1 heterocycles. The third kappa shape index (κ3) is 2.32. The van der Waals surface area contributed by atoms with Crippen molar-refractivity contribution in [2.75, 3.05) is 31.6 Å². The zero-order chi connectivity index (χ0) is 17.6. The van der Waals surface area contributed by atoms with E-state index in [2.05, 4.69) is 0 Å². The molecule has 1 fully saturated rings. The van der Waals surface area contributed by atoms with E-state index in [0.717, 1.165) is 24.5 Å². The average Bonchev–Trinajstić information content (AvgIpc) is 2.42. The van der Waals surface area contributed by atoms with E-state index in [9.17, 15) is 21.6 Å². The molecular weight excluding hydrogens is 346 g/mol. The molecule has 128 valence electrons. The highest BCUT2D eigenvalue weighted by atomic mass is 32.3. The molecule has 10 heteroatoms. The van der Waals surface area contributed by atoms with Crippen LogP contribution in [0.25, 0.3) is 0 Å². The summed E-state index contributed by atoms with van der Waals surface area (Å²) in [5, 5.41) is 0. The summed E-state index contributed by atoms with van der Waals surface area (Å²) in [5.74, 6) is -0.261. The molecule has 0 spiro atoms. The van der Waals surface area contributed by atoms with Gasteiger partial charge >= 0.3 is 0 Å². The summed E-state index contributed by atoms with van der Waals surface area (Å²) in [6.07, 6.45) is -0.0823. The number of anilines is 1. The lowest BCUT2D eigenvalue weighted by atomic mass is 10.1. The fraction of sp³-hybridized carbons (Fsp3) is 0.462. The number of benzene rings is 1. The van der Waals surface area contributed by atoms with Crippen LogP contribution >= 0.6 is 0 Å². The predicted octanol–water partition coefficient (Wildman–Crippen LogP) is -0.200. The van der Waals surface area contributed by atoms with E-state index in [-0.39, 0.29) is 5.69 Å². The van der Waals surface area contributed by atoms with Crippen molar-refractivity contribution < 1.29 is 31.1 Å². The number of methoxy groups -OCH3 is 2. The lowest BCUT2D eigenvalue weighted by molar-refractivity contribution is -0.138. The Bertz CT molecular complexity index is 796. The maximum atomic E-state index is 12.3. The molecule has 0 saturated carbocycles. The number of hydrogen-bond donors (Lipinski definition) is 0. The van der Waals surface area contributed by atoms with Crippen molar-refractivity contribution in [2.45, 2.75) is 10.3 Å². The summed E-state index contributed by atoms with van der Waals surface area (Å²) in [5.41, 5.74) is 0.125. The van der Waals surface area contributed by atoms with Crippen LogP contribution in [0, 0.1) is 0 Å². The van der Waals surface area contributed by atoms with Crippen LogP contribution < -0.4 is 9.64 Å². The van der Waals surface area contributed by atoms with Crippen LogP contribution in [0.3, 0.4) is 0 Å². The third-order valence-electron chi connectivity index (χ3n) is 3.72. The van der Waals surface area contributed by atoms with E-state index in [0.29, 0.717) is 5.75 Å². The van der Waals surface area contributed by atoms with E-state index >= 15 is 0 Å². The normalized spacial score (nSPS) is 21.0. The zero-order valence-electron chi connectivity index (χ0n) is 13.0. The fourth-order valence-corrected chi connectivity index (χ4v) is 7.19. The molecule has 1 amide bonds. The van der Waals surface area contributed by atoms with Gasteiger partial charge in [-0.3, -0.25) is 9.69 Å². The number of carbonyl (C=O) groups excluding carboxylic acids is 1. The molecule has 1 saturated heterocycles. The van der Waals surface area contributed by atoms with Crippen LogP contribution in [0.1, 0.15) is 0 Å². The highest BCUT2D eigenvalue weighted by Gasteiger charge is 2.74. The molecule has 2 rings (SSSR count). The topological polar surface area (TPSA) is 107 Å². The van der Waals surface area contributed by atoms with E-state index in [1.165, 1.54) is 31.4 Å². The third-order valence-corrected chi connectivity index (χ3v) is 8.45. The van der Waals surface area contributed by atoms with Gasteiger partial charge in [0.05, 0.1) is 7.11 Å². The van der Waals surface area contributed by atoms with E-state index < -0.39 is 35.9 Å². The van der Waals surface area contributed by atoms with Gasteiger partial charge in [0, 0.05) is 25.3 Å². The second kappa shape index (κ2) is 5.46. The molecule has 0 aromatic heterocycles. The number of rotatable bonds is 5. The second-order valence-corrected chi connectivity index (χ2v) is 9.75. The molecule has 1 aliphatic rings. The lowest BCUT2D eigenvalue weighted by Gasteiger charge is -2.52. The molecule has 0 bridgehead atoms. The Morgan fingerprint density at radius 3 is 1.83 bits per heavy atom. The number of nitrogens with zero attached hydrogens (tertiary/aromatic N) is 1. The summed E-state index contributed by atoms with van der Waals surface area (Å²) in [7, 11) is -5.92. The number of carbonyl (C=O) groups is 1. The van der Waals surface area contributed by atoms with Crippen molar-refractivity contribution in [3.8, 4) is 5.75 Å². The second-order valence-electron chi connectivity index (χ2n) is 5.16. The average molecular weight is 363 g/mol. The highest BCUT2D eigenvalue weighted by Crippen LogP contribution is 2.46. The Kier molecular flexibility index (Phi) is 4.20. The van der Waals surface area contributed by atoms with Crippen LogP contribution in [0.2, 0.25) is 0 Å². The molecule has 1 aliphatic heterocycles. The summed E-state index contributed by atoms with van der Waals surface area (Å²) in [6, 6.07) is 5.82. The van der Waals surface area contributed by atoms with E-state index in [1.54, 1.807) is 0 Å². The molecule has 1 atom stereocenters. The van der Waals surface area contributed by atoms with E-state index in [4.69, 9.17) is 9.47 Å². The number of sulfone groups is 2. The maximum absolute atomic E-state index is 12.3. The Labute approximate surface area is 134 Å². The standard InChI is InChI=1S/C13H17NO7S2/c1-20-10-7-5-9(6-8-10)14-12(15)11(21-2)13(14,22(3,16)17)23(4,18)19/h5-8,11H,1-4H3/t11-/m0/s1. The highest BCUT2D eigenvalue weighted by molar-refractivity contribution is 8.10. The predicted molar refractivity (Wildman–Crippen MR) is 83.7 cm³/mol. The SMILES string of the molecule is COc1ccc(N2C(=O)[C@H](OC)C2(S(C)(=O)=O)S(C)(=O)=O)cc1. The molecule has 0 unspecified atom stereocenters. The minimum Gasteiger partial charge on any atom is -0.497 e. The van der Waals surface area contributed by atoms with Crippen LogP contribution in [-0.2, 0) is 29.2 Å². The summed E-state index contributed by atoms with van der Waals surface area (Å²) in [4.78, 5) is 13.0. The van der Waals surface area contributed by atoms with Crippen LogP contribution in [0.15, 0.2) is 24.3 Å². The van der Waals surface area contributed by atoms with Gasteiger partial charge in [-0.15, -0.1) is 0 Å². The molecule has 23 heavy (non-hydrogen) atoms. The minimum atomic E-state index is -4.23. The fourth-order valence-electron chi connectivity index (χ4n) is 2.76. The molecule has 0 N–H and O–H groups in total. The van der Waals surface area contributed by atoms with Crippen molar-refractivity contribution >= 4 is 31.3 Å². The van der Waals surface area contributed by atoms with Gasteiger partial charge < -0.3 is 9.47 Å². The lowest BCUT2D eigenvalue weighted by Crippen LogP contribution is -2.81. The number of amides is 1. The molecule has 1 aromatic rings. The molecule has 1 aromatic carbocycles. The smallest absolute Gasteiger partial charge is 0.285 e. The Morgan fingerprint density at radius 1 is 1.00 bits per heavy atom. The molecule has 0 aliphatic carbocycles. The van der Waals surface area contributed by atoms with Crippen molar-refractivity contribution in [1.29, 1.82) is 0 Å². The Morgan fingerprint density at radius 2 is 1.48 bits per heavy atom. The number of ether oxygens (including phenoxy) is 2. The van der Waals surface area contributed by atoms with Gasteiger partial charge in [0.15, 0.2) is 25.8 Å². The first-order valence-electron chi connectivity index (χ1n) is 6.42. The van der Waals surface area contributed by atoms with Crippen LogP contribution in [0.4, 0.5) is 5.69 Å². The molecular formula is C13H17NO7S2. The van der Waals surface area contributed by atoms with Crippen molar-refractivity contribution in [2.24, 2.45) is 0 Å².